The molecule has 1 unspecified atom stereocenters. The van der Waals surface area contributed by atoms with Crippen LogP contribution in [0.3, 0.4) is 0 Å². The highest BCUT2D eigenvalue weighted by Gasteiger charge is 2.16. The van der Waals surface area contributed by atoms with Gasteiger partial charge in [-0.2, -0.15) is 0 Å². The van der Waals surface area contributed by atoms with Crippen LogP contribution >= 0.6 is 31.9 Å². The zero-order valence-electron chi connectivity index (χ0n) is 11.0. The van der Waals surface area contributed by atoms with E-state index in [2.05, 4.69) is 63.0 Å². The molecule has 3 rings (SSSR count). The van der Waals surface area contributed by atoms with Crippen LogP contribution in [0.5, 0.6) is 11.5 Å². The van der Waals surface area contributed by atoms with Gasteiger partial charge in [0.25, 0.3) is 0 Å². The SMILES string of the molecule is Cc1ccc(C(Br)c2ccc3c(c2)OCCO3)cc1Br. The second kappa shape index (κ2) is 5.78. The Hall–Kier alpha value is -1.00. The third-order valence-corrected chi connectivity index (χ3v) is 5.26. The van der Waals surface area contributed by atoms with E-state index < -0.39 is 0 Å². The Labute approximate surface area is 135 Å². The molecule has 2 aromatic carbocycles. The van der Waals surface area contributed by atoms with E-state index in [-0.39, 0.29) is 4.83 Å². The summed E-state index contributed by atoms with van der Waals surface area (Å²) in [6.45, 7) is 3.32. The number of benzene rings is 2. The number of aryl methyl sites for hydroxylation is 1. The van der Waals surface area contributed by atoms with Gasteiger partial charge in [0.15, 0.2) is 11.5 Å². The van der Waals surface area contributed by atoms with Gasteiger partial charge in [0.2, 0.25) is 0 Å². The monoisotopic (exact) mass is 396 g/mol. The quantitative estimate of drug-likeness (QED) is 0.663. The van der Waals surface area contributed by atoms with Crippen molar-refractivity contribution in [1.29, 1.82) is 0 Å². The lowest BCUT2D eigenvalue weighted by molar-refractivity contribution is 0.171. The van der Waals surface area contributed by atoms with Crippen molar-refractivity contribution in [2.45, 2.75) is 11.8 Å². The van der Waals surface area contributed by atoms with Crippen molar-refractivity contribution in [3.8, 4) is 11.5 Å². The van der Waals surface area contributed by atoms with Gasteiger partial charge in [0, 0.05) is 4.47 Å². The first-order valence-corrected chi connectivity index (χ1v) is 8.15. The summed E-state index contributed by atoms with van der Waals surface area (Å²) < 4.78 is 12.3. The first-order valence-electron chi connectivity index (χ1n) is 6.45. The highest BCUT2D eigenvalue weighted by Crippen LogP contribution is 2.38. The molecule has 1 heterocycles. The Bertz CT molecular complexity index is 640. The fourth-order valence-corrected chi connectivity index (χ4v) is 3.14. The lowest BCUT2D eigenvalue weighted by Gasteiger charge is -2.20. The Kier molecular flexibility index (Phi) is 4.03. The molecule has 0 saturated heterocycles. The summed E-state index contributed by atoms with van der Waals surface area (Å²) in [6.07, 6.45) is 0. The molecular formula is C16H14Br2O2. The summed E-state index contributed by atoms with van der Waals surface area (Å²) in [4.78, 5) is 0.134. The van der Waals surface area contributed by atoms with Crippen molar-refractivity contribution in [3.63, 3.8) is 0 Å². The van der Waals surface area contributed by atoms with Crippen molar-refractivity contribution in [1.82, 2.24) is 0 Å². The van der Waals surface area contributed by atoms with Gasteiger partial charge in [0.1, 0.15) is 13.2 Å². The average Bonchev–Trinajstić information content (AvgIpc) is 2.49. The molecule has 0 radical (unpaired) electrons. The second-order valence-corrected chi connectivity index (χ2v) is 6.54. The lowest BCUT2D eigenvalue weighted by Crippen LogP contribution is -2.15. The van der Waals surface area contributed by atoms with Crippen LogP contribution in [-0.4, -0.2) is 13.2 Å². The van der Waals surface area contributed by atoms with E-state index >= 15 is 0 Å². The van der Waals surface area contributed by atoms with Gasteiger partial charge >= 0.3 is 0 Å². The molecule has 2 nitrogen and oxygen atoms in total. The third kappa shape index (κ3) is 2.72. The zero-order valence-corrected chi connectivity index (χ0v) is 14.2. The van der Waals surface area contributed by atoms with Crippen LogP contribution < -0.4 is 9.47 Å². The lowest BCUT2D eigenvalue weighted by atomic mass is 10.0. The summed E-state index contributed by atoms with van der Waals surface area (Å²) in [6, 6.07) is 12.5. The first kappa shape index (κ1) is 14.0. The minimum absolute atomic E-state index is 0.134. The van der Waals surface area contributed by atoms with Gasteiger partial charge < -0.3 is 9.47 Å². The van der Waals surface area contributed by atoms with Gasteiger partial charge in [-0.3, -0.25) is 0 Å². The number of rotatable bonds is 2. The van der Waals surface area contributed by atoms with Crippen LogP contribution in [0.25, 0.3) is 0 Å². The minimum Gasteiger partial charge on any atom is -0.486 e. The highest BCUT2D eigenvalue weighted by molar-refractivity contribution is 9.10. The molecule has 2 aromatic rings. The van der Waals surface area contributed by atoms with Gasteiger partial charge in [-0.25, -0.2) is 0 Å². The fraction of sp³-hybridized carbons (Fsp3) is 0.250. The van der Waals surface area contributed by atoms with Gasteiger partial charge in [0.05, 0.1) is 4.83 Å². The fourth-order valence-electron chi connectivity index (χ4n) is 2.18. The maximum absolute atomic E-state index is 5.64. The molecule has 4 heteroatoms. The van der Waals surface area contributed by atoms with Gasteiger partial charge in [-0.1, -0.05) is 50.1 Å². The predicted molar refractivity (Wildman–Crippen MR) is 87.1 cm³/mol. The molecule has 104 valence electrons. The van der Waals surface area contributed by atoms with Crippen molar-refractivity contribution in [3.05, 3.63) is 57.6 Å². The van der Waals surface area contributed by atoms with Crippen LogP contribution in [0.4, 0.5) is 0 Å². The smallest absolute Gasteiger partial charge is 0.161 e. The average molecular weight is 398 g/mol. The maximum Gasteiger partial charge on any atom is 0.161 e. The molecule has 0 spiro atoms. The topological polar surface area (TPSA) is 18.5 Å². The maximum atomic E-state index is 5.64. The second-order valence-electron chi connectivity index (χ2n) is 4.77. The van der Waals surface area contributed by atoms with Crippen molar-refractivity contribution >= 4 is 31.9 Å². The molecular weight excluding hydrogens is 384 g/mol. The number of alkyl halides is 1. The normalized spacial score (nSPS) is 14.9. The molecule has 1 atom stereocenters. The third-order valence-electron chi connectivity index (χ3n) is 3.35. The van der Waals surface area contributed by atoms with Crippen LogP contribution in [0, 0.1) is 6.92 Å². The first-order chi connectivity index (χ1) is 9.65. The van der Waals surface area contributed by atoms with Gasteiger partial charge in [-0.05, 0) is 41.8 Å². The Morgan fingerprint density at radius 1 is 0.950 bits per heavy atom. The van der Waals surface area contributed by atoms with Crippen LogP contribution in [-0.2, 0) is 0 Å². The van der Waals surface area contributed by atoms with Crippen LogP contribution in [0.2, 0.25) is 0 Å². The summed E-state index contributed by atoms with van der Waals surface area (Å²) in [5, 5.41) is 0. The highest BCUT2D eigenvalue weighted by atomic mass is 79.9. The largest absolute Gasteiger partial charge is 0.486 e. The predicted octanol–water partition coefficient (Wildman–Crippen LogP) is 5.01. The molecule has 20 heavy (non-hydrogen) atoms. The number of hydrogen-bond acceptors (Lipinski definition) is 2. The number of halogens is 2. The number of fused-ring (bicyclic) bond motifs is 1. The van der Waals surface area contributed by atoms with E-state index in [0.29, 0.717) is 13.2 Å². The molecule has 1 aliphatic rings. The van der Waals surface area contributed by atoms with Gasteiger partial charge in [-0.15, -0.1) is 0 Å². The Morgan fingerprint density at radius 2 is 1.60 bits per heavy atom. The number of ether oxygens (including phenoxy) is 2. The van der Waals surface area contributed by atoms with Crippen molar-refractivity contribution in [2.75, 3.05) is 13.2 Å². The molecule has 0 aromatic heterocycles. The van der Waals surface area contributed by atoms with Crippen molar-refractivity contribution < 1.29 is 9.47 Å². The summed E-state index contributed by atoms with van der Waals surface area (Å²) in [5.74, 6) is 1.65. The van der Waals surface area contributed by atoms with Crippen molar-refractivity contribution in [2.24, 2.45) is 0 Å². The van der Waals surface area contributed by atoms with E-state index in [1.807, 2.05) is 12.1 Å². The van der Waals surface area contributed by atoms with E-state index in [1.165, 1.54) is 11.1 Å². The standard InChI is InChI=1S/C16H14Br2O2/c1-10-2-3-11(8-13(10)17)16(18)12-4-5-14-15(9-12)20-7-6-19-14/h2-5,8-9,16H,6-7H2,1H3. The van der Waals surface area contributed by atoms with E-state index in [0.717, 1.165) is 21.5 Å². The minimum atomic E-state index is 0.134. The van der Waals surface area contributed by atoms with E-state index in [9.17, 15) is 0 Å². The van der Waals surface area contributed by atoms with E-state index in [4.69, 9.17) is 9.47 Å². The molecule has 0 bridgehead atoms. The van der Waals surface area contributed by atoms with Crippen LogP contribution in [0.15, 0.2) is 40.9 Å². The molecule has 0 aliphatic carbocycles. The molecule has 0 amide bonds. The summed E-state index contributed by atoms with van der Waals surface area (Å²) >= 11 is 7.34. The molecule has 0 fully saturated rings. The Balaban J connectivity index is 1.93. The van der Waals surface area contributed by atoms with E-state index in [1.54, 1.807) is 0 Å². The summed E-state index contributed by atoms with van der Waals surface area (Å²) in [7, 11) is 0. The molecule has 1 aliphatic heterocycles. The zero-order chi connectivity index (χ0) is 14.1. The Morgan fingerprint density at radius 3 is 2.35 bits per heavy atom. The molecule has 0 saturated carbocycles. The number of hydrogen-bond donors (Lipinski definition) is 0. The molecule has 0 N–H and O–H groups in total. The summed E-state index contributed by atoms with van der Waals surface area (Å²) in [5.41, 5.74) is 3.60. The van der Waals surface area contributed by atoms with Crippen LogP contribution in [0.1, 0.15) is 21.5 Å².